The number of hydrogen-bond donors (Lipinski definition) is 3. The van der Waals surface area contributed by atoms with Crippen LogP contribution in [0.1, 0.15) is 35.3 Å². The average Bonchev–Trinajstić information content (AvgIpc) is 3.23. The molecule has 8 nitrogen and oxygen atoms in total. The van der Waals surface area contributed by atoms with Gasteiger partial charge in [-0.1, -0.05) is 12.1 Å². The zero-order chi connectivity index (χ0) is 28.3. The second-order valence-corrected chi connectivity index (χ2v) is 9.32. The lowest BCUT2D eigenvalue weighted by Gasteiger charge is -2.20. The van der Waals surface area contributed by atoms with Crippen molar-refractivity contribution in [2.75, 3.05) is 24.4 Å². The van der Waals surface area contributed by atoms with Crippen LogP contribution in [0, 0.1) is 6.92 Å². The first kappa shape index (κ1) is 27.8. The van der Waals surface area contributed by atoms with Crippen molar-refractivity contribution in [1.29, 1.82) is 0 Å². The van der Waals surface area contributed by atoms with E-state index >= 15 is 0 Å². The van der Waals surface area contributed by atoms with Gasteiger partial charge in [-0.25, -0.2) is 4.99 Å². The van der Waals surface area contributed by atoms with Crippen molar-refractivity contribution in [3.05, 3.63) is 82.0 Å². The Morgan fingerprint density at radius 1 is 1.10 bits per heavy atom. The fraction of sp³-hybridized carbons (Fsp3) is 0.286. The molecule has 204 valence electrons. The molecule has 2 aliphatic rings. The zero-order valence-electron chi connectivity index (χ0n) is 21.8. The van der Waals surface area contributed by atoms with Crippen LogP contribution < -0.4 is 16.0 Å². The van der Waals surface area contributed by atoms with Gasteiger partial charge in [-0.3, -0.25) is 14.6 Å². The fourth-order valence-electron chi connectivity index (χ4n) is 4.34. The number of nitrogens with zero attached hydrogens (tertiary/aromatic N) is 2. The van der Waals surface area contributed by atoms with Crippen LogP contribution in [0.3, 0.4) is 0 Å². The number of aryl methyl sites for hydroxylation is 1. The van der Waals surface area contributed by atoms with Gasteiger partial charge in [0.25, 0.3) is 11.8 Å². The summed E-state index contributed by atoms with van der Waals surface area (Å²) < 4.78 is 44.3. The number of fused-ring (bicyclic) bond motifs is 1. The van der Waals surface area contributed by atoms with Crippen molar-refractivity contribution < 1.29 is 27.5 Å². The highest BCUT2D eigenvalue weighted by Gasteiger charge is 2.33. The lowest BCUT2D eigenvalue weighted by atomic mass is 10.0. The summed E-state index contributed by atoms with van der Waals surface area (Å²) in [7, 11) is 1.57. The number of nitrogens with one attached hydrogen (secondary N) is 3. The van der Waals surface area contributed by atoms with Crippen LogP contribution in [0.5, 0.6) is 0 Å². The van der Waals surface area contributed by atoms with Gasteiger partial charge >= 0.3 is 6.18 Å². The minimum Gasteiger partial charge on any atom is -0.383 e. The maximum atomic E-state index is 13.1. The summed E-state index contributed by atoms with van der Waals surface area (Å²) in [4.78, 5) is 34.3. The van der Waals surface area contributed by atoms with Crippen molar-refractivity contribution in [2.24, 2.45) is 9.98 Å². The van der Waals surface area contributed by atoms with Gasteiger partial charge in [0.1, 0.15) is 12.2 Å². The number of carbonyl (C=O) groups excluding carboxylic acids is 2. The number of carbonyl (C=O) groups is 2. The molecule has 0 aromatic heterocycles. The van der Waals surface area contributed by atoms with Gasteiger partial charge in [0, 0.05) is 41.2 Å². The first-order valence-electron chi connectivity index (χ1n) is 12.2. The molecule has 1 aliphatic heterocycles. The first-order chi connectivity index (χ1) is 18.5. The van der Waals surface area contributed by atoms with Gasteiger partial charge in [0.2, 0.25) is 0 Å². The van der Waals surface area contributed by atoms with E-state index in [1.807, 2.05) is 20.8 Å². The van der Waals surface area contributed by atoms with Gasteiger partial charge in [-0.05, 0) is 68.3 Å². The van der Waals surface area contributed by atoms with E-state index in [4.69, 9.17) is 4.74 Å². The van der Waals surface area contributed by atoms with Gasteiger partial charge in [0.15, 0.2) is 0 Å². The lowest BCUT2D eigenvalue weighted by Crippen LogP contribution is -2.36. The highest BCUT2D eigenvalue weighted by atomic mass is 19.4. The molecule has 1 heterocycles. The van der Waals surface area contributed by atoms with Crippen molar-refractivity contribution >= 4 is 35.4 Å². The number of ether oxygens (including phenoxy) is 1. The molecule has 0 radical (unpaired) electrons. The van der Waals surface area contributed by atoms with Crippen molar-refractivity contribution in [1.82, 2.24) is 5.32 Å². The number of rotatable bonds is 7. The van der Waals surface area contributed by atoms with Gasteiger partial charge in [-0.2, -0.15) is 13.2 Å². The Bertz CT molecular complexity index is 1430. The molecule has 11 heteroatoms. The summed E-state index contributed by atoms with van der Waals surface area (Å²) in [6.45, 7) is 5.92. The number of benzene rings is 2. The third kappa shape index (κ3) is 6.26. The minimum absolute atomic E-state index is 0.112. The number of hydrogen-bond acceptors (Lipinski definition) is 6. The second-order valence-electron chi connectivity index (χ2n) is 9.32. The molecule has 39 heavy (non-hydrogen) atoms. The topological polar surface area (TPSA) is 104 Å². The zero-order valence-corrected chi connectivity index (χ0v) is 21.8. The lowest BCUT2D eigenvalue weighted by molar-refractivity contribution is -0.137. The molecule has 0 fully saturated rings. The van der Waals surface area contributed by atoms with E-state index in [-0.39, 0.29) is 23.6 Å². The quantitative estimate of drug-likeness (QED) is 0.466. The predicted octanol–water partition coefficient (Wildman–Crippen LogP) is 4.89. The van der Waals surface area contributed by atoms with Gasteiger partial charge < -0.3 is 20.7 Å². The van der Waals surface area contributed by atoms with Crippen molar-refractivity contribution in [3.8, 4) is 0 Å². The normalized spacial score (nSPS) is 17.3. The Morgan fingerprint density at radius 2 is 1.87 bits per heavy atom. The van der Waals surface area contributed by atoms with Crippen LogP contribution in [0.2, 0.25) is 0 Å². The van der Waals surface area contributed by atoms with Crippen LogP contribution in [0.15, 0.2) is 75.2 Å². The van der Waals surface area contributed by atoms with E-state index in [0.717, 1.165) is 28.8 Å². The number of aliphatic imine (C=N–C) groups is 2. The Balaban J connectivity index is 1.53. The van der Waals surface area contributed by atoms with Crippen LogP contribution in [0.4, 0.5) is 24.5 Å². The number of alkyl halides is 3. The van der Waals surface area contributed by atoms with Gasteiger partial charge in [0.05, 0.1) is 18.2 Å². The van der Waals surface area contributed by atoms with E-state index in [9.17, 15) is 22.8 Å². The number of anilines is 2. The molecule has 3 N–H and O–H groups in total. The Morgan fingerprint density at radius 3 is 2.59 bits per heavy atom. The van der Waals surface area contributed by atoms with Crippen LogP contribution >= 0.6 is 0 Å². The Hall–Kier alpha value is -4.25. The molecular weight excluding hydrogens is 511 g/mol. The Labute approximate surface area is 223 Å². The molecule has 2 aromatic rings. The van der Waals surface area contributed by atoms with Crippen LogP contribution in [-0.2, 0) is 15.7 Å². The summed E-state index contributed by atoms with van der Waals surface area (Å²) in [5, 5.41) is 8.83. The molecule has 1 aliphatic carbocycles. The molecule has 2 aromatic carbocycles. The van der Waals surface area contributed by atoms with Crippen molar-refractivity contribution in [2.45, 2.75) is 39.0 Å². The SMILES string of the molecule is COC[C@H](C)NC(=O)C1=CC2N=CN=C(Nc3cc(NC(=O)c4cccc(C(F)(F)F)c4)ccc3C)C2=C1C. The van der Waals surface area contributed by atoms with Gasteiger partial charge in [-0.15, -0.1) is 0 Å². The molecule has 0 spiro atoms. The van der Waals surface area contributed by atoms with E-state index in [2.05, 4.69) is 25.9 Å². The maximum absolute atomic E-state index is 13.1. The van der Waals surface area contributed by atoms with Crippen molar-refractivity contribution in [3.63, 3.8) is 0 Å². The third-order valence-corrected chi connectivity index (χ3v) is 6.34. The molecule has 0 saturated heterocycles. The largest absolute Gasteiger partial charge is 0.416 e. The molecule has 2 atom stereocenters. The van der Waals surface area contributed by atoms with E-state index in [0.29, 0.717) is 29.4 Å². The predicted molar refractivity (Wildman–Crippen MR) is 144 cm³/mol. The minimum atomic E-state index is -4.55. The maximum Gasteiger partial charge on any atom is 0.416 e. The fourth-order valence-corrected chi connectivity index (χ4v) is 4.34. The summed E-state index contributed by atoms with van der Waals surface area (Å²) in [6.07, 6.45) is -1.35. The summed E-state index contributed by atoms with van der Waals surface area (Å²) in [5.74, 6) is -0.403. The standard InChI is InChI=1S/C28H28F3N5O3/c1-15-8-9-20(35-26(37)18-6-5-7-19(10-18)28(29,30)31)11-22(15)36-25-24-17(3)21(12-23(24)32-14-33-25)27(38)34-16(2)13-39-4/h5-12,14,16,23H,13H2,1-4H3,(H,34,38)(H,35,37)(H,32,33,36)/t16-,23?/m0/s1. The molecule has 4 rings (SSSR count). The highest BCUT2D eigenvalue weighted by molar-refractivity contribution is 6.17. The third-order valence-electron chi connectivity index (χ3n) is 6.34. The summed E-state index contributed by atoms with van der Waals surface area (Å²) in [6, 6.07) is 8.77. The molecule has 1 unspecified atom stereocenters. The molecular formula is C28H28F3N5O3. The number of amidine groups is 1. The van der Waals surface area contributed by atoms with Crippen LogP contribution in [0.25, 0.3) is 0 Å². The number of amides is 2. The average molecular weight is 540 g/mol. The highest BCUT2D eigenvalue weighted by Crippen LogP contribution is 2.33. The van der Waals surface area contributed by atoms with E-state index in [1.165, 1.54) is 18.5 Å². The monoisotopic (exact) mass is 539 g/mol. The Kier molecular flexibility index (Phi) is 8.01. The smallest absolute Gasteiger partial charge is 0.383 e. The van der Waals surface area contributed by atoms with Crippen LogP contribution in [-0.4, -0.2) is 49.8 Å². The van der Waals surface area contributed by atoms with E-state index in [1.54, 1.807) is 31.4 Å². The molecule has 0 saturated carbocycles. The molecule has 0 bridgehead atoms. The first-order valence-corrected chi connectivity index (χ1v) is 12.2. The second kappa shape index (κ2) is 11.2. The number of methoxy groups -OCH3 is 1. The summed E-state index contributed by atoms with van der Waals surface area (Å²) >= 11 is 0. The molecule has 2 amide bonds. The van der Waals surface area contributed by atoms with E-state index < -0.39 is 17.6 Å². The number of halogens is 3. The summed E-state index contributed by atoms with van der Waals surface area (Å²) in [5.41, 5.74) is 2.82.